The molecule has 1 saturated carbocycles. The maximum Gasteiger partial charge on any atom is 0.235 e. The van der Waals surface area contributed by atoms with E-state index < -0.39 is 0 Å². The third-order valence-corrected chi connectivity index (χ3v) is 5.46. The van der Waals surface area contributed by atoms with Crippen LogP contribution in [0.3, 0.4) is 0 Å². The van der Waals surface area contributed by atoms with Gasteiger partial charge < -0.3 is 4.74 Å². The third kappa shape index (κ3) is 2.49. The highest BCUT2D eigenvalue weighted by atomic mass is 16.5. The molecule has 2 unspecified atom stereocenters. The molecule has 1 aliphatic rings. The molecule has 2 atom stereocenters. The largest absolute Gasteiger partial charge is 0.480 e. The molecule has 5 rings (SSSR count). The van der Waals surface area contributed by atoms with Crippen molar-refractivity contribution in [2.24, 2.45) is 14.1 Å². The molecule has 4 heterocycles. The Bertz CT molecular complexity index is 1200. The van der Waals surface area contributed by atoms with Crippen molar-refractivity contribution in [3.8, 4) is 17.3 Å². The first-order valence-corrected chi connectivity index (χ1v) is 9.27. The predicted octanol–water partition coefficient (Wildman–Crippen LogP) is 2.15. The summed E-state index contributed by atoms with van der Waals surface area (Å²) in [7, 11) is 5.54. The molecule has 1 fully saturated rings. The van der Waals surface area contributed by atoms with Gasteiger partial charge >= 0.3 is 0 Å². The van der Waals surface area contributed by atoms with E-state index in [-0.39, 0.29) is 0 Å². The minimum atomic E-state index is 0.375. The van der Waals surface area contributed by atoms with Crippen LogP contribution >= 0.6 is 0 Å². The van der Waals surface area contributed by atoms with E-state index in [1.54, 1.807) is 16.3 Å². The fourth-order valence-corrected chi connectivity index (χ4v) is 3.93. The molecule has 0 radical (unpaired) electrons. The smallest absolute Gasteiger partial charge is 0.235 e. The van der Waals surface area contributed by atoms with Gasteiger partial charge in [0.1, 0.15) is 5.69 Å². The van der Waals surface area contributed by atoms with Gasteiger partial charge in [-0.15, -0.1) is 15.3 Å². The van der Waals surface area contributed by atoms with Crippen LogP contribution in [0.4, 0.5) is 0 Å². The van der Waals surface area contributed by atoms with Crippen molar-refractivity contribution in [2.75, 3.05) is 7.11 Å². The maximum absolute atomic E-state index is 5.43. The molecule has 144 valence electrons. The molecule has 0 aromatic carbocycles. The summed E-state index contributed by atoms with van der Waals surface area (Å²) in [6.07, 6.45) is 3.09. The van der Waals surface area contributed by atoms with Crippen molar-refractivity contribution in [1.29, 1.82) is 0 Å². The SMILES string of the molecule is COc1nn(C)cc1C1CC1c1cc(-c2cc(C)c3nnc(C)n3n2)n(C)n1. The number of rotatable bonds is 4. The second kappa shape index (κ2) is 5.88. The summed E-state index contributed by atoms with van der Waals surface area (Å²) in [6, 6.07) is 4.18. The topological polar surface area (TPSA) is 88.0 Å². The first-order valence-electron chi connectivity index (χ1n) is 9.27. The van der Waals surface area contributed by atoms with Crippen LogP contribution in [0, 0.1) is 13.8 Å². The lowest BCUT2D eigenvalue weighted by molar-refractivity contribution is 0.387. The highest BCUT2D eigenvalue weighted by molar-refractivity contribution is 5.60. The number of methoxy groups -OCH3 is 1. The van der Waals surface area contributed by atoms with E-state index in [1.165, 1.54) is 0 Å². The van der Waals surface area contributed by atoms with Crippen LogP contribution < -0.4 is 4.74 Å². The fourth-order valence-electron chi connectivity index (χ4n) is 3.93. The van der Waals surface area contributed by atoms with Crippen LogP contribution in [-0.4, -0.2) is 46.5 Å². The van der Waals surface area contributed by atoms with Crippen LogP contribution in [0.1, 0.15) is 40.9 Å². The zero-order chi connectivity index (χ0) is 19.6. The Balaban J connectivity index is 1.49. The molecular formula is C19H22N8O. The number of hydrogen-bond acceptors (Lipinski definition) is 6. The second-order valence-corrected chi connectivity index (χ2v) is 7.49. The van der Waals surface area contributed by atoms with Gasteiger partial charge in [0.2, 0.25) is 5.88 Å². The van der Waals surface area contributed by atoms with Gasteiger partial charge in [-0.05, 0) is 43.9 Å². The lowest BCUT2D eigenvalue weighted by Gasteiger charge is -2.04. The Labute approximate surface area is 162 Å². The minimum Gasteiger partial charge on any atom is -0.480 e. The molecule has 0 N–H and O–H groups in total. The van der Waals surface area contributed by atoms with Gasteiger partial charge in [-0.2, -0.15) is 14.7 Å². The average Bonchev–Trinajstić information content (AvgIpc) is 2.99. The number of ether oxygens (including phenoxy) is 1. The fraction of sp³-hybridized carbons (Fsp3) is 0.421. The summed E-state index contributed by atoms with van der Waals surface area (Å²) in [5.74, 6) is 2.24. The van der Waals surface area contributed by atoms with Crippen molar-refractivity contribution < 1.29 is 4.74 Å². The van der Waals surface area contributed by atoms with Crippen molar-refractivity contribution >= 4 is 5.65 Å². The summed E-state index contributed by atoms with van der Waals surface area (Å²) >= 11 is 0. The van der Waals surface area contributed by atoms with Crippen LogP contribution in [0.15, 0.2) is 18.3 Å². The lowest BCUT2D eigenvalue weighted by atomic mass is 10.1. The zero-order valence-corrected chi connectivity index (χ0v) is 16.6. The molecule has 0 spiro atoms. The monoisotopic (exact) mass is 378 g/mol. The van der Waals surface area contributed by atoms with Crippen LogP contribution in [0.25, 0.3) is 17.0 Å². The standard InChI is InChI=1S/C19H22N8O/c1-10-6-16(23-27-11(2)20-21-18(10)27)17-8-15(22-26(17)4)13-7-12(13)14-9-25(3)24-19(14)28-5/h6,8-9,12-13H,7H2,1-5H3. The van der Waals surface area contributed by atoms with Crippen molar-refractivity contribution in [2.45, 2.75) is 32.1 Å². The van der Waals surface area contributed by atoms with Crippen LogP contribution in [0.2, 0.25) is 0 Å². The van der Waals surface area contributed by atoms with E-state index in [4.69, 9.17) is 14.9 Å². The Morgan fingerprint density at radius 3 is 2.64 bits per heavy atom. The van der Waals surface area contributed by atoms with Crippen LogP contribution in [0.5, 0.6) is 5.88 Å². The molecule has 0 amide bonds. The third-order valence-electron chi connectivity index (χ3n) is 5.46. The molecular weight excluding hydrogens is 356 g/mol. The summed E-state index contributed by atoms with van der Waals surface area (Å²) in [6.45, 7) is 3.93. The number of fused-ring (bicyclic) bond motifs is 1. The Kier molecular flexibility index (Phi) is 3.55. The molecule has 0 saturated heterocycles. The molecule has 9 nitrogen and oxygen atoms in total. The van der Waals surface area contributed by atoms with Gasteiger partial charge in [-0.1, -0.05) is 0 Å². The van der Waals surface area contributed by atoms with Crippen LogP contribution in [-0.2, 0) is 14.1 Å². The van der Waals surface area contributed by atoms with Crippen molar-refractivity contribution in [3.63, 3.8) is 0 Å². The van der Waals surface area contributed by atoms with Crippen molar-refractivity contribution in [1.82, 2.24) is 39.4 Å². The van der Waals surface area contributed by atoms with E-state index in [2.05, 4.69) is 21.4 Å². The van der Waals surface area contributed by atoms with E-state index in [0.717, 1.165) is 46.1 Å². The first-order chi connectivity index (χ1) is 13.5. The van der Waals surface area contributed by atoms with E-state index in [9.17, 15) is 0 Å². The van der Waals surface area contributed by atoms with Crippen molar-refractivity contribution in [3.05, 3.63) is 41.0 Å². The number of hydrogen-bond donors (Lipinski definition) is 0. The van der Waals surface area contributed by atoms with Gasteiger partial charge in [-0.3, -0.25) is 9.36 Å². The van der Waals surface area contributed by atoms with Gasteiger partial charge in [0, 0.05) is 31.8 Å². The Morgan fingerprint density at radius 1 is 1.04 bits per heavy atom. The Morgan fingerprint density at radius 2 is 1.86 bits per heavy atom. The molecule has 9 heteroatoms. The molecule has 28 heavy (non-hydrogen) atoms. The van der Waals surface area contributed by atoms with Gasteiger partial charge in [0.05, 0.1) is 18.5 Å². The highest BCUT2D eigenvalue weighted by Gasteiger charge is 2.44. The normalized spacial score (nSPS) is 18.8. The minimum absolute atomic E-state index is 0.375. The predicted molar refractivity (Wildman–Crippen MR) is 102 cm³/mol. The Hall–Kier alpha value is -3.23. The quantitative estimate of drug-likeness (QED) is 0.541. The number of aryl methyl sites for hydroxylation is 4. The summed E-state index contributed by atoms with van der Waals surface area (Å²) in [4.78, 5) is 0. The molecule has 4 aromatic rings. The molecule has 1 aliphatic carbocycles. The first kappa shape index (κ1) is 16.9. The zero-order valence-electron chi connectivity index (χ0n) is 16.6. The molecule has 0 bridgehead atoms. The summed E-state index contributed by atoms with van der Waals surface area (Å²) in [5.41, 5.74) is 5.90. The molecule has 4 aromatic heterocycles. The maximum atomic E-state index is 5.43. The number of aromatic nitrogens is 8. The number of nitrogens with zero attached hydrogens (tertiary/aromatic N) is 8. The molecule has 0 aliphatic heterocycles. The summed E-state index contributed by atoms with van der Waals surface area (Å²) < 4.78 is 10.9. The summed E-state index contributed by atoms with van der Waals surface area (Å²) in [5, 5.41) is 22.2. The average molecular weight is 378 g/mol. The van der Waals surface area contributed by atoms with Gasteiger partial charge in [-0.25, -0.2) is 0 Å². The highest BCUT2D eigenvalue weighted by Crippen LogP contribution is 2.56. The van der Waals surface area contributed by atoms with Gasteiger partial charge in [0.25, 0.3) is 0 Å². The van der Waals surface area contributed by atoms with E-state index >= 15 is 0 Å². The van der Waals surface area contributed by atoms with E-state index in [1.807, 2.05) is 44.9 Å². The van der Waals surface area contributed by atoms with Gasteiger partial charge in [0.15, 0.2) is 11.5 Å². The lowest BCUT2D eigenvalue weighted by Crippen LogP contribution is -2.02. The second-order valence-electron chi connectivity index (χ2n) is 7.49. The van der Waals surface area contributed by atoms with E-state index in [0.29, 0.717) is 17.7 Å².